The van der Waals surface area contributed by atoms with Gasteiger partial charge in [0, 0.05) is 25.7 Å². The van der Waals surface area contributed by atoms with E-state index in [0.29, 0.717) is 25.7 Å². The molecule has 3 N–H and O–H groups in total. The molecular weight excluding hydrogens is 1250 g/mol. The molecule has 0 bridgehead atoms. The molecule has 0 heterocycles. The average molecular weight is 1390 g/mol. The monoisotopic (exact) mass is 1390 g/mol. The minimum absolute atomic E-state index is 0.100. The Balaban J connectivity index is 5.29. The van der Waals surface area contributed by atoms with Crippen LogP contribution in [-0.2, 0) is 65.4 Å². The Bertz CT molecular complexity index is 1930. The van der Waals surface area contributed by atoms with Gasteiger partial charge in [0.25, 0.3) is 0 Å². The van der Waals surface area contributed by atoms with E-state index in [1.807, 2.05) is 0 Å². The van der Waals surface area contributed by atoms with Gasteiger partial charge < -0.3 is 33.8 Å². The number of rotatable bonds is 73. The lowest BCUT2D eigenvalue weighted by Gasteiger charge is -2.21. The van der Waals surface area contributed by atoms with Crippen LogP contribution < -0.4 is 0 Å². The number of phosphoric acid groups is 2. The first kappa shape index (κ1) is 92.5. The van der Waals surface area contributed by atoms with E-state index in [9.17, 15) is 43.2 Å². The van der Waals surface area contributed by atoms with Crippen molar-refractivity contribution in [2.75, 3.05) is 39.6 Å². The van der Waals surface area contributed by atoms with Gasteiger partial charge in [-0.2, -0.15) is 0 Å². The maximum atomic E-state index is 13.1. The maximum Gasteiger partial charge on any atom is 0.472 e. The first-order valence-corrected chi connectivity index (χ1v) is 41.8. The predicted octanol–water partition coefficient (Wildman–Crippen LogP) is 21.9. The van der Waals surface area contributed by atoms with Crippen molar-refractivity contribution in [1.82, 2.24) is 0 Å². The van der Waals surface area contributed by atoms with Crippen LogP contribution in [0.5, 0.6) is 0 Å². The zero-order valence-electron chi connectivity index (χ0n) is 61.5. The van der Waals surface area contributed by atoms with Crippen molar-refractivity contribution >= 4 is 39.5 Å². The molecule has 0 aliphatic rings. The molecule has 6 atom stereocenters. The highest BCUT2D eigenvalue weighted by molar-refractivity contribution is 7.47. The zero-order valence-corrected chi connectivity index (χ0v) is 63.2. The molecule has 0 radical (unpaired) electrons. The van der Waals surface area contributed by atoms with Crippen LogP contribution in [0, 0.1) is 11.8 Å². The second kappa shape index (κ2) is 67.4. The van der Waals surface area contributed by atoms with Crippen molar-refractivity contribution in [2.24, 2.45) is 11.8 Å². The van der Waals surface area contributed by atoms with E-state index in [-0.39, 0.29) is 25.7 Å². The van der Waals surface area contributed by atoms with Gasteiger partial charge >= 0.3 is 39.5 Å². The molecule has 0 fully saturated rings. The van der Waals surface area contributed by atoms with E-state index >= 15 is 0 Å². The maximum absolute atomic E-state index is 13.1. The Morgan fingerprint density at radius 3 is 0.947 bits per heavy atom. The number of aliphatic hydroxyl groups is 1. The summed E-state index contributed by atoms with van der Waals surface area (Å²) >= 11 is 0. The lowest BCUT2D eigenvalue weighted by atomic mass is 10.00. The van der Waals surface area contributed by atoms with Crippen molar-refractivity contribution in [1.29, 1.82) is 0 Å². The molecule has 0 saturated carbocycles. The number of ether oxygens (including phenoxy) is 4. The SMILES string of the molecule is CCCCCC/C=C\C=C/CCCCCCCC(=O)OC[C@H](COP(=O)(O)OC[C@@H](O)COP(=O)(O)OC[C@@H](COC(=O)CCCCCCCCC(C)CC)OC(=O)CCCCCCCCCCCCCCC)OC(=O)CCCCCCCCCCCCCCCCC(C)C. The third-order valence-corrected chi connectivity index (χ3v) is 19.3. The summed E-state index contributed by atoms with van der Waals surface area (Å²) in [5, 5.41) is 10.6. The van der Waals surface area contributed by atoms with Crippen LogP contribution in [0.3, 0.4) is 0 Å². The summed E-state index contributed by atoms with van der Waals surface area (Å²) in [5.41, 5.74) is 0. The van der Waals surface area contributed by atoms with E-state index < -0.39 is 97.5 Å². The van der Waals surface area contributed by atoms with Crippen LogP contribution in [0.2, 0.25) is 0 Å². The first-order chi connectivity index (χ1) is 45.9. The van der Waals surface area contributed by atoms with E-state index in [2.05, 4.69) is 65.8 Å². The molecule has 0 aromatic heterocycles. The molecule has 3 unspecified atom stereocenters. The summed E-state index contributed by atoms with van der Waals surface area (Å²) in [6, 6.07) is 0. The number of phosphoric ester groups is 2. The minimum atomic E-state index is -4.96. The van der Waals surface area contributed by atoms with Gasteiger partial charge in [-0.15, -0.1) is 0 Å². The highest BCUT2D eigenvalue weighted by atomic mass is 31.2. The Labute approximate surface area is 580 Å². The number of carbonyl (C=O) groups excluding carboxylic acids is 4. The normalized spacial score (nSPS) is 14.5. The molecule has 0 aromatic rings. The Hall–Kier alpha value is -2.46. The predicted molar refractivity (Wildman–Crippen MR) is 386 cm³/mol. The highest BCUT2D eigenvalue weighted by Crippen LogP contribution is 2.45. The number of esters is 4. The quantitative estimate of drug-likeness (QED) is 0.0169. The molecule has 0 rings (SSSR count). The van der Waals surface area contributed by atoms with Gasteiger partial charge in [-0.1, -0.05) is 316 Å². The van der Waals surface area contributed by atoms with Gasteiger partial charge in [0.15, 0.2) is 12.2 Å². The van der Waals surface area contributed by atoms with Crippen LogP contribution in [0.15, 0.2) is 24.3 Å². The van der Waals surface area contributed by atoms with E-state index in [1.165, 1.54) is 161 Å². The fraction of sp³-hybridized carbons (Fsp3) is 0.895. The van der Waals surface area contributed by atoms with Crippen LogP contribution in [0.4, 0.5) is 0 Å². The summed E-state index contributed by atoms with van der Waals surface area (Å²) in [5.74, 6) is -0.624. The Kier molecular flexibility index (Phi) is 65.6. The largest absolute Gasteiger partial charge is 0.472 e. The lowest BCUT2D eigenvalue weighted by Crippen LogP contribution is -2.30. The second-order valence-corrected chi connectivity index (χ2v) is 30.3. The van der Waals surface area contributed by atoms with Crippen molar-refractivity contribution < 1.29 is 80.2 Å². The molecule has 17 nitrogen and oxygen atoms in total. The van der Waals surface area contributed by atoms with Crippen molar-refractivity contribution in [3.8, 4) is 0 Å². The van der Waals surface area contributed by atoms with Crippen LogP contribution in [0.1, 0.15) is 369 Å². The molecule has 0 saturated heterocycles. The summed E-state index contributed by atoms with van der Waals surface area (Å²) in [6.07, 6.45) is 57.6. The fourth-order valence-electron chi connectivity index (χ4n) is 11.1. The van der Waals surface area contributed by atoms with Crippen LogP contribution >= 0.6 is 15.6 Å². The molecular formula is C76H144O17P2. The number of hydrogen-bond donors (Lipinski definition) is 3. The second-order valence-electron chi connectivity index (χ2n) is 27.4. The van der Waals surface area contributed by atoms with Crippen LogP contribution in [0.25, 0.3) is 0 Å². The number of aliphatic hydroxyl groups excluding tert-OH is 1. The smallest absolute Gasteiger partial charge is 0.462 e. The first-order valence-electron chi connectivity index (χ1n) is 38.8. The summed E-state index contributed by atoms with van der Waals surface area (Å²) in [6.45, 7) is 9.51. The van der Waals surface area contributed by atoms with E-state index in [4.69, 9.17) is 37.0 Å². The molecule has 0 aromatic carbocycles. The molecule has 0 spiro atoms. The average Bonchev–Trinajstić information content (AvgIpc) is 2.16. The zero-order chi connectivity index (χ0) is 70.0. The molecule has 0 aliphatic heterocycles. The Morgan fingerprint density at radius 1 is 0.347 bits per heavy atom. The van der Waals surface area contributed by atoms with Gasteiger partial charge in [-0.05, 0) is 63.2 Å². The molecule has 560 valence electrons. The lowest BCUT2D eigenvalue weighted by molar-refractivity contribution is -0.161. The van der Waals surface area contributed by atoms with Gasteiger partial charge in [-0.3, -0.25) is 37.3 Å². The molecule has 0 amide bonds. The topological polar surface area (TPSA) is 237 Å². The molecule has 19 heteroatoms. The van der Waals surface area contributed by atoms with Crippen molar-refractivity contribution in [3.63, 3.8) is 0 Å². The third-order valence-electron chi connectivity index (χ3n) is 17.4. The Morgan fingerprint density at radius 2 is 0.621 bits per heavy atom. The van der Waals surface area contributed by atoms with Gasteiger partial charge in [0.05, 0.1) is 26.4 Å². The third kappa shape index (κ3) is 68.5. The minimum Gasteiger partial charge on any atom is -0.462 e. The van der Waals surface area contributed by atoms with Crippen LogP contribution in [-0.4, -0.2) is 96.7 Å². The van der Waals surface area contributed by atoms with Crippen molar-refractivity contribution in [2.45, 2.75) is 387 Å². The van der Waals surface area contributed by atoms with E-state index in [0.717, 1.165) is 127 Å². The summed E-state index contributed by atoms with van der Waals surface area (Å²) in [7, 11) is -9.92. The summed E-state index contributed by atoms with van der Waals surface area (Å²) < 4.78 is 68.5. The number of unbranched alkanes of at least 4 members (excludes halogenated alkanes) is 39. The van der Waals surface area contributed by atoms with E-state index in [1.54, 1.807) is 0 Å². The standard InChI is InChI=1S/C76H144O17P2/c1-7-10-12-14-16-18-20-22-23-28-31-35-39-46-52-58-73(78)86-64-71(92-75(80)61-55-49-41-37-33-29-25-24-27-30-34-38-44-50-56-68(4)5)66-90-94(82,83)88-62-70(77)63-89-95(84,85)91-67-72(65-87-74(79)59-53-47-43-42-45-51-57-69(6)9-3)93-76(81)60-54-48-40-36-32-26-21-19-17-15-13-11-8-2/h18,20,22-23,68-72,77H,7-17,19,21,24-67H2,1-6H3,(H,82,83)(H,84,85)/b20-18-,23-22-/t69?,70-,71-,72-/m1/s1. The van der Waals surface area contributed by atoms with Gasteiger partial charge in [0.2, 0.25) is 0 Å². The fourth-order valence-corrected chi connectivity index (χ4v) is 12.7. The molecule has 0 aliphatic carbocycles. The van der Waals surface area contributed by atoms with Gasteiger partial charge in [0.1, 0.15) is 19.3 Å². The van der Waals surface area contributed by atoms with Crippen molar-refractivity contribution in [3.05, 3.63) is 24.3 Å². The summed E-state index contributed by atoms with van der Waals surface area (Å²) in [4.78, 5) is 72.8. The number of allylic oxidation sites excluding steroid dienone is 4. The highest BCUT2D eigenvalue weighted by Gasteiger charge is 2.30. The number of carbonyl (C=O) groups is 4. The molecule has 95 heavy (non-hydrogen) atoms. The number of hydrogen-bond acceptors (Lipinski definition) is 15. The van der Waals surface area contributed by atoms with Gasteiger partial charge in [-0.25, -0.2) is 9.13 Å².